The summed E-state index contributed by atoms with van der Waals surface area (Å²) in [5.41, 5.74) is 2.82. The molecule has 1 atom stereocenters. The van der Waals surface area contributed by atoms with E-state index in [1.807, 2.05) is 0 Å². The van der Waals surface area contributed by atoms with Crippen molar-refractivity contribution in [2.75, 3.05) is 0 Å². The highest BCUT2D eigenvalue weighted by atomic mass is 35.5. The average molecular weight is 317 g/mol. The van der Waals surface area contributed by atoms with Crippen LogP contribution in [0.25, 0.3) is 0 Å². The van der Waals surface area contributed by atoms with Crippen molar-refractivity contribution >= 4 is 23.2 Å². The fourth-order valence-corrected chi connectivity index (χ4v) is 2.66. The van der Waals surface area contributed by atoms with Crippen molar-refractivity contribution in [3.05, 3.63) is 68.7 Å². The topological polar surface area (TPSA) is 38.0 Å². The molecule has 0 aliphatic heterocycles. The van der Waals surface area contributed by atoms with E-state index in [1.54, 1.807) is 25.1 Å². The van der Waals surface area contributed by atoms with Gasteiger partial charge in [0, 0.05) is 21.2 Å². The lowest BCUT2D eigenvalue weighted by Gasteiger charge is -2.21. The summed E-state index contributed by atoms with van der Waals surface area (Å²) in [5.74, 6) is 4.07. The van der Waals surface area contributed by atoms with Crippen molar-refractivity contribution in [3.8, 4) is 0 Å². The van der Waals surface area contributed by atoms with Crippen LogP contribution in [0.15, 0.2) is 30.3 Å². The molecule has 0 heterocycles. The van der Waals surface area contributed by atoms with Crippen molar-refractivity contribution in [1.29, 1.82) is 0 Å². The highest BCUT2D eigenvalue weighted by molar-refractivity contribution is 6.36. The number of rotatable bonds is 3. The van der Waals surface area contributed by atoms with Gasteiger partial charge in [-0.1, -0.05) is 35.3 Å². The molecule has 1 unspecified atom stereocenters. The number of benzene rings is 2. The second kappa shape index (κ2) is 6.06. The Morgan fingerprint density at radius 3 is 2.20 bits per heavy atom. The number of hydrogen-bond donors (Lipinski definition) is 2. The zero-order chi connectivity index (χ0) is 14.9. The molecule has 0 spiro atoms. The van der Waals surface area contributed by atoms with Gasteiger partial charge in [0.25, 0.3) is 0 Å². The number of aryl methyl sites for hydroxylation is 1. The van der Waals surface area contributed by atoms with Crippen LogP contribution >= 0.6 is 23.2 Å². The molecule has 3 N–H and O–H groups in total. The molecule has 0 aromatic heterocycles. The van der Waals surface area contributed by atoms with Crippen LogP contribution in [0.2, 0.25) is 10.0 Å². The standard InChI is InChI=1S/C14H12Cl2F2N2/c1-7-5-6-10(17)12(13(7)18)14(20-19)11-8(15)3-2-4-9(11)16/h2-6,14,20H,19H2,1H3. The molecule has 2 nitrogen and oxygen atoms in total. The predicted octanol–water partition coefficient (Wildman–Crippen LogP) is 4.13. The molecule has 0 aliphatic rings. The van der Waals surface area contributed by atoms with Gasteiger partial charge >= 0.3 is 0 Å². The van der Waals surface area contributed by atoms with Crippen LogP contribution in [0.4, 0.5) is 8.78 Å². The van der Waals surface area contributed by atoms with Crippen LogP contribution in [-0.4, -0.2) is 0 Å². The summed E-state index contributed by atoms with van der Waals surface area (Å²) < 4.78 is 28.2. The molecule has 0 fully saturated rings. The molecule has 0 saturated carbocycles. The summed E-state index contributed by atoms with van der Waals surface area (Å²) in [6.07, 6.45) is 0. The van der Waals surface area contributed by atoms with E-state index >= 15 is 0 Å². The van der Waals surface area contributed by atoms with Gasteiger partial charge in [0.1, 0.15) is 11.6 Å². The maximum Gasteiger partial charge on any atom is 0.134 e. The Hall–Kier alpha value is -1.20. The molecule has 0 radical (unpaired) electrons. The van der Waals surface area contributed by atoms with E-state index in [2.05, 4.69) is 5.43 Å². The van der Waals surface area contributed by atoms with Gasteiger partial charge in [0.2, 0.25) is 0 Å². The summed E-state index contributed by atoms with van der Waals surface area (Å²) in [7, 11) is 0. The Bertz CT molecular complexity index is 627. The maximum atomic E-state index is 14.2. The number of nitrogens with one attached hydrogen (secondary N) is 1. The lowest BCUT2D eigenvalue weighted by molar-refractivity contribution is 0.507. The minimum Gasteiger partial charge on any atom is -0.271 e. The molecule has 0 aliphatic carbocycles. The molecule has 2 aromatic rings. The fraction of sp³-hybridized carbons (Fsp3) is 0.143. The summed E-state index contributed by atoms with van der Waals surface area (Å²) in [6, 6.07) is 6.37. The van der Waals surface area contributed by atoms with Crippen molar-refractivity contribution in [2.24, 2.45) is 5.84 Å². The lowest BCUT2D eigenvalue weighted by Crippen LogP contribution is -2.31. The average Bonchev–Trinajstić information content (AvgIpc) is 2.41. The molecule has 2 rings (SSSR count). The van der Waals surface area contributed by atoms with Gasteiger partial charge in [0.15, 0.2) is 0 Å². The molecule has 106 valence electrons. The summed E-state index contributed by atoms with van der Waals surface area (Å²) in [5, 5.41) is 0.557. The maximum absolute atomic E-state index is 14.2. The minimum atomic E-state index is -0.976. The third-order valence-electron chi connectivity index (χ3n) is 3.06. The molecule has 0 saturated heterocycles. The van der Waals surface area contributed by atoms with Gasteiger partial charge in [-0.05, 0) is 30.7 Å². The van der Waals surface area contributed by atoms with Crippen LogP contribution in [0.3, 0.4) is 0 Å². The highest BCUT2D eigenvalue weighted by Crippen LogP contribution is 2.36. The number of halogens is 4. The van der Waals surface area contributed by atoms with Gasteiger partial charge in [-0.2, -0.15) is 0 Å². The van der Waals surface area contributed by atoms with Crippen molar-refractivity contribution in [1.82, 2.24) is 5.43 Å². The molecule has 0 amide bonds. The van der Waals surface area contributed by atoms with Crippen LogP contribution in [0.5, 0.6) is 0 Å². The number of nitrogens with two attached hydrogens (primary N) is 1. The monoisotopic (exact) mass is 316 g/mol. The molecule has 2 aromatic carbocycles. The highest BCUT2D eigenvalue weighted by Gasteiger charge is 2.25. The first-order valence-corrected chi connectivity index (χ1v) is 6.57. The molecule has 20 heavy (non-hydrogen) atoms. The Morgan fingerprint density at radius 2 is 1.65 bits per heavy atom. The molecular weight excluding hydrogens is 305 g/mol. The SMILES string of the molecule is Cc1ccc(F)c(C(NN)c2c(Cl)cccc2Cl)c1F. The van der Waals surface area contributed by atoms with Gasteiger partial charge < -0.3 is 0 Å². The smallest absolute Gasteiger partial charge is 0.134 e. The zero-order valence-corrected chi connectivity index (χ0v) is 12.1. The quantitative estimate of drug-likeness (QED) is 0.660. The lowest BCUT2D eigenvalue weighted by atomic mass is 9.96. The van der Waals surface area contributed by atoms with Crippen LogP contribution in [-0.2, 0) is 0 Å². The second-order valence-electron chi connectivity index (χ2n) is 4.33. The first-order valence-electron chi connectivity index (χ1n) is 5.82. The van der Waals surface area contributed by atoms with E-state index in [1.165, 1.54) is 12.1 Å². The van der Waals surface area contributed by atoms with Crippen LogP contribution in [0, 0.1) is 18.6 Å². The second-order valence-corrected chi connectivity index (χ2v) is 5.14. The third kappa shape index (κ3) is 2.65. The van der Waals surface area contributed by atoms with Gasteiger partial charge in [-0.3, -0.25) is 5.84 Å². The van der Waals surface area contributed by atoms with Gasteiger partial charge in [0.05, 0.1) is 6.04 Å². The summed E-state index contributed by atoms with van der Waals surface area (Å²) >= 11 is 12.1. The minimum absolute atomic E-state index is 0.206. The first-order chi connectivity index (χ1) is 9.47. The normalized spacial score (nSPS) is 12.5. The van der Waals surface area contributed by atoms with E-state index < -0.39 is 17.7 Å². The van der Waals surface area contributed by atoms with Gasteiger partial charge in [-0.25, -0.2) is 14.2 Å². The van der Waals surface area contributed by atoms with E-state index in [9.17, 15) is 8.78 Å². The molecule has 0 bridgehead atoms. The number of hydrogen-bond acceptors (Lipinski definition) is 2. The largest absolute Gasteiger partial charge is 0.271 e. The first kappa shape index (κ1) is 15.2. The van der Waals surface area contributed by atoms with Crippen molar-refractivity contribution < 1.29 is 8.78 Å². The summed E-state index contributed by atoms with van der Waals surface area (Å²) in [4.78, 5) is 0. The van der Waals surface area contributed by atoms with Crippen molar-refractivity contribution in [2.45, 2.75) is 13.0 Å². The van der Waals surface area contributed by atoms with Gasteiger partial charge in [-0.15, -0.1) is 0 Å². The zero-order valence-electron chi connectivity index (χ0n) is 10.6. The van der Waals surface area contributed by atoms with E-state index in [0.717, 1.165) is 0 Å². The molecular formula is C14H12Cl2F2N2. The van der Waals surface area contributed by atoms with Crippen molar-refractivity contribution in [3.63, 3.8) is 0 Å². The third-order valence-corrected chi connectivity index (χ3v) is 3.72. The van der Waals surface area contributed by atoms with E-state index in [0.29, 0.717) is 11.1 Å². The predicted molar refractivity (Wildman–Crippen MR) is 76.7 cm³/mol. The molecule has 6 heteroatoms. The van der Waals surface area contributed by atoms with E-state index in [4.69, 9.17) is 29.0 Å². The fourth-order valence-electron chi connectivity index (χ4n) is 2.04. The van der Waals surface area contributed by atoms with E-state index in [-0.39, 0.29) is 15.6 Å². The Labute approximate surface area is 125 Å². The van der Waals surface area contributed by atoms with Crippen LogP contribution in [0.1, 0.15) is 22.7 Å². The Balaban J connectivity index is 2.68. The summed E-state index contributed by atoms with van der Waals surface area (Å²) in [6.45, 7) is 1.54. The number of hydrazine groups is 1. The Morgan fingerprint density at radius 1 is 1.05 bits per heavy atom. The van der Waals surface area contributed by atoms with Crippen LogP contribution < -0.4 is 11.3 Å². The Kier molecular flexibility index (Phi) is 4.60.